The Morgan fingerprint density at radius 1 is 1.14 bits per heavy atom. The lowest BCUT2D eigenvalue weighted by Crippen LogP contribution is -2.48. The van der Waals surface area contributed by atoms with Gasteiger partial charge in [-0.3, -0.25) is 4.90 Å². The van der Waals surface area contributed by atoms with Crippen molar-refractivity contribution in [2.24, 2.45) is 11.3 Å². The minimum absolute atomic E-state index is 0.0222. The Bertz CT molecular complexity index is 284. The maximum Gasteiger partial charge on any atom is 0.401 e. The van der Waals surface area contributed by atoms with Crippen LogP contribution in [0.2, 0.25) is 0 Å². The van der Waals surface area contributed by atoms with Crippen molar-refractivity contribution in [3.05, 3.63) is 0 Å². The molecule has 0 spiro atoms. The first kappa shape index (κ1) is 18.8. The van der Waals surface area contributed by atoms with Crippen LogP contribution in [0.1, 0.15) is 52.9 Å². The molecule has 1 rings (SSSR count). The Morgan fingerprint density at radius 3 is 2.24 bits per heavy atom. The molecule has 0 saturated heterocycles. The van der Waals surface area contributed by atoms with E-state index >= 15 is 0 Å². The van der Waals surface area contributed by atoms with E-state index in [9.17, 15) is 13.2 Å². The van der Waals surface area contributed by atoms with Crippen LogP contribution in [0.5, 0.6) is 0 Å². The van der Waals surface area contributed by atoms with Crippen LogP contribution in [0, 0.1) is 11.3 Å². The number of alkyl halides is 3. The van der Waals surface area contributed by atoms with Gasteiger partial charge in [0.1, 0.15) is 0 Å². The smallest absolute Gasteiger partial charge is 0.316 e. The third-order valence-corrected chi connectivity index (χ3v) is 4.38. The Labute approximate surface area is 127 Å². The molecule has 21 heavy (non-hydrogen) atoms. The molecule has 1 N–H and O–H groups in total. The second kappa shape index (κ2) is 8.37. The normalized spacial score (nSPS) is 19.4. The third kappa shape index (κ3) is 7.50. The highest BCUT2D eigenvalue weighted by Gasteiger charge is 2.37. The standard InChI is InChI=1S/C16H31F3N2/c1-4-21(13-16(17,18)19)12-15(8-6-5-7-9-15)11-20-10-14(2)3/h14,20H,4-13H2,1-3H3. The summed E-state index contributed by atoms with van der Waals surface area (Å²) >= 11 is 0. The van der Waals surface area contributed by atoms with Crippen molar-refractivity contribution in [1.82, 2.24) is 10.2 Å². The molecule has 1 aliphatic carbocycles. The number of nitrogens with one attached hydrogen (secondary N) is 1. The van der Waals surface area contributed by atoms with Gasteiger partial charge in [-0.25, -0.2) is 0 Å². The molecule has 0 amide bonds. The molecule has 1 fully saturated rings. The average molecular weight is 308 g/mol. The molecule has 5 heteroatoms. The topological polar surface area (TPSA) is 15.3 Å². The van der Waals surface area contributed by atoms with Gasteiger partial charge in [0.2, 0.25) is 0 Å². The Balaban J connectivity index is 2.62. The van der Waals surface area contributed by atoms with Crippen LogP contribution in [0.25, 0.3) is 0 Å². The monoisotopic (exact) mass is 308 g/mol. The van der Waals surface area contributed by atoms with E-state index in [1.54, 1.807) is 4.90 Å². The Morgan fingerprint density at radius 2 is 1.76 bits per heavy atom. The molecular weight excluding hydrogens is 277 g/mol. The molecule has 0 aromatic carbocycles. The highest BCUT2D eigenvalue weighted by atomic mass is 19.4. The van der Waals surface area contributed by atoms with Gasteiger partial charge in [-0.1, -0.05) is 40.0 Å². The van der Waals surface area contributed by atoms with Crippen LogP contribution < -0.4 is 5.32 Å². The lowest BCUT2D eigenvalue weighted by Gasteiger charge is -2.41. The van der Waals surface area contributed by atoms with Crippen molar-refractivity contribution in [2.45, 2.75) is 59.1 Å². The molecule has 0 aliphatic heterocycles. The fraction of sp³-hybridized carbons (Fsp3) is 1.00. The fourth-order valence-corrected chi connectivity index (χ4v) is 3.33. The summed E-state index contributed by atoms with van der Waals surface area (Å²) in [4.78, 5) is 1.57. The van der Waals surface area contributed by atoms with E-state index in [-0.39, 0.29) is 5.41 Å². The summed E-state index contributed by atoms with van der Waals surface area (Å²) in [5, 5.41) is 3.48. The van der Waals surface area contributed by atoms with Crippen molar-refractivity contribution in [3.8, 4) is 0 Å². The molecule has 0 aromatic heterocycles. The van der Waals surface area contributed by atoms with E-state index in [0.717, 1.165) is 38.8 Å². The predicted octanol–water partition coefficient (Wildman–Crippen LogP) is 4.07. The van der Waals surface area contributed by atoms with Gasteiger partial charge < -0.3 is 5.32 Å². The molecule has 1 aliphatic rings. The first-order chi connectivity index (χ1) is 9.76. The van der Waals surface area contributed by atoms with E-state index in [1.807, 2.05) is 6.92 Å². The van der Waals surface area contributed by atoms with Gasteiger partial charge in [-0.15, -0.1) is 0 Å². The lowest BCUT2D eigenvalue weighted by atomic mass is 9.73. The van der Waals surface area contributed by atoms with Gasteiger partial charge in [-0.05, 0) is 37.3 Å². The van der Waals surface area contributed by atoms with Gasteiger partial charge in [0.05, 0.1) is 6.54 Å². The summed E-state index contributed by atoms with van der Waals surface area (Å²) < 4.78 is 38.0. The van der Waals surface area contributed by atoms with Gasteiger partial charge in [0.15, 0.2) is 0 Å². The second-order valence-corrected chi connectivity index (χ2v) is 7.00. The maximum absolute atomic E-state index is 12.7. The zero-order valence-corrected chi connectivity index (χ0v) is 13.7. The molecular formula is C16H31F3N2. The molecule has 0 radical (unpaired) electrons. The SMILES string of the molecule is CCN(CC(F)(F)F)CC1(CNCC(C)C)CCCCC1. The van der Waals surface area contributed by atoms with E-state index in [4.69, 9.17) is 0 Å². The number of hydrogen-bond donors (Lipinski definition) is 1. The molecule has 0 unspecified atom stereocenters. The van der Waals surface area contributed by atoms with Crippen molar-refractivity contribution in [2.75, 3.05) is 32.7 Å². The van der Waals surface area contributed by atoms with E-state index in [0.29, 0.717) is 19.0 Å². The molecule has 126 valence electrons. The molecule has 0 aromatic rings. The average Bonchev–Trinajstić information content (AvgIpc) is 2.37. The quantitative estimate of drug-likeness (QED) is 0.727. The van der Waals surface area contributed by atoms with Gasteiger partial charge in [-0.2, -0.15) is 13.2 Å². The fourth-order valence-electron chi connectivity index (χ4n) is 3.33. The summed E-state index contributed by atoms with van der Waals surface area (Å²) in [5.41, 5.74) is 0.0222. The van der Waals surface area contributed by atoms with Crippen LogP contribution in [-0.4, -0.2) is 43.8 Å². The molecule has 0 heterocycles. The zero-order chi connectivity index (χ0) is 15.9. The maximum atomic E-state index is 12.7. The van der Waals surface area contributed by atoms with Crippen molar-refractivity contribution in [1.29, 1.82) is 0 Å². The Hall–Kier alpha value is -0.290. The van der Waals surface area contributed by atoms with Crippen LogP contribution in [0.15, 0.2) is 0 Å². The second-order valence-electron chi connectivity index (χ2n) is 7.00. The summed E-state index contributed by atoms with van der Waals surface area (Å²) in [5.74, 6) is 0.572. The van der Waals surface area contributed by atoms with Gasteiger partial charge in [0, 0.05) is 13.1 Å². The van der Waals surface area contributed by atoms with E-state index in [1.165, 1.54) is 6.42 Å². The van der Waals surface area contributed by atoms with Crippen molar-refractivity contribution >= 4 is 0 Å². The number of halogens is 3. The number of nitrogens with zero attached hydrogens (tertiary/aromatic N) is 1. The number of rotatable bonds is 8. The minimum Gasteiger partial charge on any atom is -0.316 e. The van der Waals surface area contributed by atoms with Crippen LogP contribution in [0.4, 0.5) is 13.2 Å². The molecule has 2 nitrogen and oxygen atoms in total. The van der Waals surface area contributed by atoms with E-state index < -0.39 is 12.7 Å². The molecule has 0 atom stereocenters. The summed E-state index contributed by atoms with van der Waals surface area (Å²) in [6, 6.07) is 0. The molecule has 0 bridgehead atoms. The molecule has 1 saturated carbocycles. The van der Waals surface area contributed by atoms with Gasteiger partial charge >= 0.3 is 6.18 Å². The zero-order valence-electron chi connectivity index (χ0n) is 13.7. The summed E-state index contributed by atoms with van der Waals surface area (Å²) in [6.07, 6.45) is 1.51. The van der Waals surface area contributed by atoms with Crippen LogP contribution in [-0.2, 0) is 0 Å². The van der Waals surface area contributed by atoms with E-state index in [2.05, 4.69) is 19.2 Å². The lowest BCUT2D eigenvalue weighted by molar-refractivity contribution is -0.149. The van der Waals surface area contributed by atoms with Crippen molar-refractivity contribution < 1.29 is 13.2 Å². The first-order valence-corrected chi connectivity index (χ1v) is 8.26. The van der Waals surface area contributed by atoms with Crippen LogP contribution in [0.3, 0.4) is 0 Å². The number of hydrogen-bond acceptors (Lipinski definition) is 2. The first-order valence-electron chi connectivity index (χ1n) is 8.26. The highest BCUT2D eigenvalue weighted by molar-refractivity contribution is 4.88. The van der Waals surface area contributed by atoms with Crippen molar-refractivity contribution in [3.63, 3.8) is 0 Å². The minimum atomic E-state index is -4.10. The van der Waals surface area contributed by atoms with Crippen LogP contribution >= 0.6 is 0 Å². The summed E-state index contributed by atoms with van der Waals surface area (Å²) in [7, 11) is 0. The van der Waals surface area contributed by atoms with Gasteiger partial charge in [0.25, 0.3) is 0 Å². The predicted molar refractivity (Wildman–Crippen MR) is 81.4 cm³/mol. The Kier molecular flexibility index (Phi) is 7.48. The summed E-state index contributed by atoms with van der Waals surface area (Å²) in [6.45, 7) is 8.16. The highest BCUT2D eigenvalue weighted by Crippen LogP contribution is 2.37. The largest absolute Gasteiger partial charge is 0.401 e. The third-order valence-electron chi connectivity index (χ3n) is 4.38.